The fourth-order valence-corrected chi connectivity index (χ4v) is 1.82. The van der Waals surface area contributed by atoms with Gasteiger partial charge in [-0.2, -0.15) is 0 Å². The molecule has 0 unspecified atom stereocenters. The maximum Gasteiger partial charge on any atom is 0.316 e. The number of hydrogen-bond acceptors (Lipinski definition) is 4. The van der Waals surface area contributed by atoms with Gasteiger partial charge in [-0.3, -0.25) is 19.7 Å². The highest BCUT2D eigenvalue weighted by Gasteiger charge is 2.25. The molecule has 0 atom stereocenters. The molecule has 0 saturated carbocycles. The highest BCUT2D eigenvalue weighted by Crippen LogP contribution is 2.38. The van der Waals surface area contributed by atoms with E-state index in [1.807, 2.05) is 0 Å². The molecule has 7 heteroatoms. The topological polar surface area (TPSA) is 101 Å². The molecule has 2 amide bonds. The van der Waals surface area contributed by atoms with Gasteiger partial charge in [0.2, 0.25) is 11.8 Å². The van der Waals surface area contributed by atoms with Gasteiger partial charge < -0.3 is 10.6 Å². The van der Waals surface area contributed by atoms with E-state index in [0.717, 1.165) is 0 Å². The minimum atomic E-state index is -0.615. The third kappa shape index (κ3) is 3.27. The van der Waals surface area contributed by atoms with Crippen molar-refractivity contribution in [3.05, 3.63) is 27.3 Å². The number of aryl methyl sites for hydroxylation is 2. The molecule has 0 fully saturated rings. The molecule has 0 aliphatic carbocycles. The van der Waals surface area contributed by atoms with Crippen LogP contribution in [0.25, 0.3) is 0 Å². The van der Waals surface area contributed by atoms with Crippen molar-refractivity contribution in [1.29, 1.82) is 0 Å². The van der Waals surface area contributed by atoms with E-state index < -0.39 is 16.7 Å². The summed E-state index contributed by atoms with van der Waals surface area (Å²) in [6.45, 7) is 5.84. The van der Waals surface area contributed by atoms with E-state index in [4.69, 9.17) is 0 Å². The summed E-state index contributed by atoms with van der Waals surface area (Å²) in [5.41, 5.74) is 1.03. The van der Waals surface area contributed by atoms with Gasteiger partial charge in [-0.05, 0) is 25.0 Å². The Labute approximate surface area is 110 Å². The number of benzene rings is 1. The molecule has 2 N–H and O–H groups in total. The van der Waals surface area contributed by atoms with Crippen molar-refractivity contribution >= 4 is 28.9 Å². The molecule has 1 aromatic carbocycles. The number of amides is 2. The molecule has 102 valence electrons. The van der Waals surface area contributed by atoms with Crippen molar-refractivity contribution in [2.75, 3.05) is 10.6 Å². The molecule has 0 heterocycles. The molecule has 0 bridgehead atoms. The second kappa shape index (κ2) is 5.47. The molecule has 1 aromatic rings. The SMILES string of the molecule is CC(=O)Nc1c(C)cc(C)c(NC(C)=O)c1[N+](=O)[O-]. The van der Waals surface area contributed by atoms with Gasteiger partial charge in [0.1, 0.15) is 11.4 Å². The summed E-state index contributed by atoms with van der Waals surface area (Å²) in [6.07, 6.45) is 0. The Kier molecular flexibility index (Phi) is 4.21. The number of carbonyl (C=O) groups excluding carboxylic acids is 2. The second-order valence-corrected chi connectivity index (χ2v) is 4.23. The average Bonchev–Trinajstić information content (AvgIpc) is 2.23. The lowest BCUT2D eigenvalue weighted by atomic mass is 10.1. The molecule has 7 nitrogen and oxygen atoms in total. The predicted octanol–water partition coefficient (Wildman–Crippen LogP) is 2.13. The van der Waals surface area contributed by atoms with Crippen molar-refractivity contribution in [2.45, 2.75) is 27.7 Å². The minimum absolute atomic E-state index is 0.104. The van der Waals surface area contributed by atoms with Crippen LogP contribution in [0.1, 0.15) is 25.0 Å². The van der Waals surface area contributed by atoms with Crippen LogP contribution in [0.15, 0.2) is 6.07 Å². The third-order valence-corrected chi connectivity index (χ3v) is 2.48. The van der Waals surface area contributed by atoms with E-state index >= 15 is 0 Å². The number of nitro benzene ring substituents is 1. The maximum atomic E-state index is 11.2. The second-order valence-electron chi connectivity index (χ2n) is 4.23. The van der Waals surface area contributed by atoms with Gasteiger partial charge in [0, 0.05) is 13.8 Å². The van der Waals surface area contributed by atoms with Gasteiger partial charge >= 0.3 is 5.69 Å². The lowest BCUT2D eigenvalue weighted by Crippen LogP contribution is -2.14. The van der Waals surface area contributed by atoms with Crippen molar-refractivity contribution in [3.8, 4) is 0 Å². The van der Waals surface area contributed by atoms with Crippen LogP contribution >= 0.6 is 0 Å². The van der Waals surface area contributed by atoms with E-state index in [-0.39, 0.29) is 17.1 Å². The number of nitro groups is 1. The number of carbonyl (C=O) groups is 2. The van der Waals surface area contributed by atoms with Gasteiger partial charge in [0.25, 0.3) is 0 Å². The molecule has 0 spiro atoms. The first-order chi connectivity index (χ1) is 8.73. The van der Waals surface area contributed by atoms with Crippen LogP contribution in [-0.4, -0.2) is 16.7 Å². The molecular weight excluding hydrogens is 250 g/mol. The largest absolute Gasteiger partial charge is 0.320 e. The first kappa shape index (κ1) is 14.6. The van der Waals surface area contributed by atoms with Gasteiger partial charge in [0.15, 0.2) is 0 Å². The lowest BCUT2D eigenvalue weighted by Gasteiger charge is -2.14. The number of rotatable bonds is 3. The van der Waals surface area contributed by atoms with Gasteiger partial charge in [0.05, 0.1) is 4.92 Å². The van der Waals surface area contributed by atoms with Gasteiger partial charge in [-0.1, -0.05) is 6.07 Å². The fraction of sp³-hybridized carbons (Fsp3) is 0.333. The van der Waals surface area contributed by atoms with E-state index in [9.17, 15) is 19.7 Å². The average molecular weight is 265 g/mol. The Morgan fingerprint density at radius 2 is 1.42 bits per heavy atom. The molecule has 0 aliphatic rings. The Morgan fingerprint density at radius 1 is 1.05 bits per heavy atom. The number of anilines is 2. The van der Waals surface area contributed by atoms with Crippen molar-refractivity contribution in [3.63, 3.8) is 0 Å². The summed E-state index contributed by atoms with van der Waals surface area (Å²) >= 11 is 0. The third-order valence-electron chi connectivity index (χ3n) is 2.48. The van der Waals surface area contributed by atoms with Gasteiger partial charge in [-0.15, -0.1) is 0 Å². The number of nitrogens with one attached hydrogen (secondary N) is 2. The summed E-state index contributed by atoms with van der Waals surface area (Å²) < 4.78 is 0. The predicted molar refractivity (Wildman–Crippen MR) is 71.2 cm³/mol. The van der Waals surface area contributed by atoms with Crippen LogP contribution in [0, 0.1) is 24.0 Å². The van der Waals surface area contributed by atoms with E-state index in [1.54, 1.807) is 19.9 Å². The van der Waals surface area contributed by atoms with Crippen molar-refractivity contribution in [2.24, 2.45) is 0 Å². The molecule has 0 radical (unpaired) electrons. The Hall–Kier alpha value is -2.44. The first-order valence-electron chi connectivity index (χ1n) is 5.57. The van der Waals surface area contributed by atoms with Crippen LogP contribution in [0.5, 0.6) is 0 Å². The van der Waals surface area contributed by atoms with Crippen LogP contribution in [-0.2, 0) is 9.59 Å². The van der Waals surface area contributed by atoms with E-state index in [0.29, 0.717) is 11.1 Å². The lowest BCUT2D eigenvalue weighted by molar-refractivity contribution is -0.383. The summed E-state index contributed by atoms with van der Waals surface area (Å²) in [5.74, 6) is -0.826. The fourth-order valence-electron chi connectivity index (χ4n) is 1.82. The zero-order chi connectivity index (χ0) is 14.7. The summed E-state index contributed by atoms with van der Waals surface area (Å²) in [4.78, 5) is 32.9. The van der Waals surface area contributed by atoms with Crippen LogP contribution < -0.4 is 10.6 Å². The summed E-state index contributed by atoms with van der Waals surface area (Å²) in [6, 6.07) is 1.67. The van der Waals surface area contributed by atoms with Crippen molar-refractivity contribution in [1.82, 2.24) is 0 Å². The van der Waals surface area contributed by atoms with Crippen LogP contribution in [0.2, 0.25) is 0 Å². The van der Waals surface area contributed by atoms with E-state index in [2.05, 4.69) is 10.6 Å². The van der Waals surface area contributed by atoms with Crippen LogP contribution in [0.3, 0.4) is 0 Å². The normalized spacial score (nSPS) is 9.89. The zero-order valence-electron chi connectivity index (χ0n) is 11.2. The molecule has 1 rings (SSSR count). The Balaban J connectivity index is 3.57. The summed E-state index contributed by atoms with van der Waals surface area (Å²) in [7, 11) is 0. The zero-order valence-corrected chi connectivity index (χ0v) is 11.2. The van der Waals surface area contributed by atoms with Crippen LogP contribution in [0.4, 0.5) is 17.1 Å². The standard InChI is InChI=1S/C12H15N3O4/c1-6-5-7(2)11(14-9(4)17)12(15(18)19)10(6)13-8(3)16/h5H,1-4H3,(H,13,16)(H,14,17). The Morgan fingerprint density at radius 3 is 1.68 bits per heavy atom. The molecule has 0 aliphatic heterocycles. The minimum Gasteiger partial charge on any atom is -0.320 e. The first-order valence-corrected chi connectivity index (χ1v) is 5.57. The van der Waals surface area contributed by atoms with Crippen molar-refractivity contribution < 1.29 is 14.5 Å². The van der Waals surface area contributed by atoms with E-state index in [1.165, 1.54) is 13.8 Å². The smallest absolute Gasteiger partial charge is 0.316 e. The molecule has 0 aromatic heterocycles. The number of nitrogens with zero attached hydrogens (tertiary/aromatic N) is 1. The molecule has 0 saturated heterocycles. The number of hydrogen-bond donors (Lipinski definition) is 2. The quantitative estimate of drug-likeness (QED) is 0.645. The summed E-state index contributed by atoms with van der Waals surface area (Å²) in [5, 5.41) is 16.1. The molecule has 19 heavy (non-hydrogen) atoms. The highest BCUT2D eigenvalue weighted by atomic mass is 16.6. The highest BCUT2D eigenvalue weighted by molar-refractivity contribution is 5.99. The maximum absolute atomic E-state index is 11.2. The Bertz CT molecular complexity index is 526. The van der Waals surface area contributed by atoms with Gasteiger partial charge in [-0.25, -0.2) is 0 Å². The molecular formula is C12H15N3O4. The monoisotopic (exact) mass is 265 g/mol.